The van der Waals surface area contributed by atoms with Gasteiger partial charge in [0.1, 0.15) is 11.5 Å². The van der Waals surface area contributed by atoms with Crippen LogP contribution < -0.4 is 5.32 Å². The molecule has 0 fully saturated rings. The van der Waals surface area contributed by atoms with Crippen LogP contribution in [-0.2, 0) is 0 Å². The lowest BCUT2D eigenvalue weighted by Gasteiger charge is -2.09. The number of benzene rings is 3. The van der Waals surface area contributed by atoms with Crippen molar-refractivity contribution in [3.8, 4) is 22.5 Å². The first kappa shape index (κ1) is 16.7. The summed E-state index contributed by atoms with van der Waals surface area (Å²) in [6, 6.07) is 24.8. The molecule has 1 aromatic heterocycles. The van der Waals surface area contributed by atoms with Gasteiger partial charge in [0.25, 0.3) is 5.91 Å². The van der Waals surface area contributed by atoms with E-state index in [0.29, 0.717) is 17.1 Å². The lowest BCUT2D eigenvalue weighted by Crippen LogP contribution is -2.13. The van der Waals surface area contributed by atoms with Gasteiger partial charge in [-0.05, 0) is 18.2 Å². The average molecular weight is 357 g/mol. The van der Waals surface area contributed by atoms with E-state index in [0.717, 1.165) is 11.1 Å². The smallest absolute Gasteiger partial charge is 0.255 e. The Morgan fingerprint density at radius 3 is 2.19 bits per heavy atom. The molecule has 4 nitrogen and oxygen atoms in total. The number of nitrogens with zero attached hydrogens (tertiary/aromatic N) is 1. The van der Waals surface area contributed by atoms with Crippen LogP contribution in [0.3, 0.4) is 0 Å². The fourth-order valence-corrected chi connectivity index (χ4v) is 2.90. The van der Waals surface area contributed by atoms with E-state index < -0.39 is 11.7 Å². The van der Waals surface area contributed by atoms with Gasteiger partial charge in [0.15, 0.2) is 0 Å². The molecule has 0 aliphatic carbocycles. The fraction of sp³-hybridized carbons (Fsp3) is 0. The van der Waals surface area contributed by atoms with Crippen molar-refractivity contribution in [3.05, 3.63) is 96.3 Å². The summed E-state index contributed by atoms with van der Waals surface area (Å²) in [6.45, 7) is 0. The second kappa shape index (κ2) is 7.25. The molecule has 4 rings (SSSR count). The highest BCUT2D eigenvalue weighted by Gasteiger charge is 2.19. The number of rotatable bonds is 4. The van der Waals surface area contributed by atoms with Gasteiger partial charge in [-0.3, -0.25) is 9.89 Å². The van der Waals surface area contributed by atoms with E-state index in [4.69, 9.17) is 0 Å². The number of nitrogens with one attached hydrogen (secondary N) is 2. The molecular formula is C22H16FN3O. The second-order valence-corrected chi connectivity index (χ2v) is 6.02. The van der Waals surface area contributed by atoms with Gasteiger partial charge in [-0.25, -0.2) is 4.39 Å². The van der Waals surface area contributed by atoms with Crippen molar-refractivity contribution in [2.45, 2.75) is 0 Å². The van der Waals surface area contributed by atoms with Crippen molar-refractivity contribution in [2.24, 2.45) is 0 Å². The monoisotopic (exact) mass is 357 g/mol. The third-order valence-corrected chi connectivity index (χ3v) is 4.20. The molecular weight excluding hydrogens is 341 g/mol. The summed E-state index contributed by atoms with van der Waals surface area (Å²) in [4.78, 5) is 12.7. The molecule has 3 aromatic carbocycles. The highest BCUT2D eigenvalue weighted by molar-refractivity contribution is 6.08. The predicted octanol–water partition coefficient (Wildman–Crippen LogP) is 5.14. The van der Waals surface area contributed by atoms with Gasteiger partial charge >= 0.3 is 0 Å². The molecule has 0 radical (unpaired) electrons. The lowest BCUT2D eigenvalue weighted by molar-refractivity contribution is 0.102. The number of hydrogen-bond acceptors (Lipinski definition) is 2. The minimum atomic E-state index is -0.457. The Balaban J connectivity index is 1.79. The van der Waals surface area contributed by atoms with Gasteiger partial charge in [-0.15, -0.1) is 0 Å². The van der Waals surface area contributed by atoms with E-state index in [9.17, 15) is 9.18 Å². The minimum Gasteiger partial charge on any atom is -0.318 e. The molecule has 2 N–H and O–H groups in total. The van der Waals surface area contributed by atoms with Gasteiger partial charge in [0.05, 0.1) is 11.4 Å². The Bertz CT molecular complexity index is 1020. The summed E-state index contributed by atoms with van der Waals surface area (Å²) in [5.41, 5.74) is 3.88. The normalized spacial score (nSPS) is 10.6. The number of halogens is 1. The molecule has 132 valence electrons. The second-order valence-electron chi connectivity index (χ2n) is 6.02. The quantitative estimate of drug-likeness (QED) is 0.532. The first-order valence-corrected chi connectivity index (χ1v) is 8.48. The van der Waals surface area contributed by atoms with Gasteiger partial charge < -0.3 is 5.32 Å². The number of H-pyrrole nitrogens is 1. The molecule has 1 heterocycles. The molecule has 0 bridgehead atoms. The van der Waals surface area contributed by atoms with Crippen molar-refractivity contribution in [2.75, 3.05) is 5.32 Å². The Morgan fingerprint density at radius 1 is 0.852 bits per heavy atom. The van der Waals surface area contributed by atoms with Crippen LogP contribution in [0, 0.1) is 5.82 Å². The topological polar surface area (TPSA) is 57.8 Å². The number of hydrogen-bond donors (Lipinski definition) is 2. The molecule has 0 atom stereocenters. The maximum absolute atomic E-state index is 13.5. The molecule has 5 heteroatoms. The standard InChI is InChI=1S/C22H16FN3O/c23-18-13-7-12-17(14-18)22(27)24-21-19(15-8-3-1-4-9-15)25-26-20(21)16-10-5-2-6-11-16/h1-14H,(H,24,27)(H,25,26). The minimum absolute atomic E-state index is 0.245. The summed E-state index contributed by atoms with van der Waals surface area (Å²) >= 11 is 0. The molecule has 0 aliphatic rings. The summed E-state index contributed by atoms with van der Waals surface area (Å²) in [6.07, 6.45) is 0. The van der Waals surface area contributed by atoms with Crippen molar-refractivity contribution >= 4 is 11.6 Å². The van der Waals surface area contributed by atoms with Crippen LogP contribution in [0.5, 0.6) is 0 Å². The Kier molecular flexibility index (Phi) is 4.49. The van der Waals surface area contributed by atoms with Crippen LogP contribution in [0.15, 0.2) is 84.9 Å². The molecule has 1 amide bonds. The number of carbonyl (C=O) groups is 1. The average Bonchev–Trinajstić information content (AvgIpc) is 3.13. The summed E-state index contributed by atoms with van der Waals surface area (Å²) in [5, 5.41) is 10.3. The van der Waals surface area contributed by atoms with Crippen LogP contribution in [-0.4, -0.2) is 16.1 Å². The van der Waals surface area contributed by atoms with Crippen LogP contribution >= 0.6 is 0 Å². The van der Waals surface area contributed by atoms with Gasteiger partial charge in [-0.1, -0.05) is 66.7 Å². The number of amides is 1. The summed E-state index contributed by atoms with van der Waals surface area (Å²) in [7, 11) is 0. The third kappa shape index (κ3) is 3.48. The van der Waals surface area contributed by atoms with Crippen molar-refractivity contribution in [3.63, 3.8) is 0 Å². The van der Waals surface area contributed by atoms with Crippen LogP contribution in [0.25, 0.3) is 22.5 Å². The van der Waals surface area contributed by atoms with Gasteiger partial charge in [0, 0.05) is 16.7 Å². The van der Waals surface area contributed by atoms with E-state index in [2.05, 4.69) is 15.5 Å². The SMILES string of the molecule is O=C(Nc1c(-c2ccccc2)n[nH]c1-c1ccccc1)c1cccc(F)c1. The summed E-state index contributed by atoms with van der Waals surface area (Å²) < 4.78 is 13.5. The molecule has 4 aromatic rings. The number of carbonyl (C=O) groups excluding carboxylic acids is 1. The van der Waals surface area contributed by atoms with E-state index in [-0.39, 0.29) is 5.56 Å². The zero-order valence-corrected chi connectivity index (χ0v) is 14.3. The van der Waals surface area contributed by atoms with Crippen molar-refractivity contribution in [1.29, 1.82) is 0 Å². The molecule has 0 aliphatic heterocycles. The Morgan fingerprint density at radius 2 is 1.52 bits per heavy atom. The molecule has 27 heavy (non-hydrogen) atoms. The van der Waals surface area contributed by atoms with Gasteiger partial charge in [0.2, 0.25) is 0 Å². The first-order chi connectivity index (χ1) is 13.2. The Hall–Kier alpha value is -3.73. The van der Waals surface area contributed by atoms with E-state index in [1.54, 1.807) is 6.07 Å². The fourth-order valence-electron chi connectivity index (χ4n) is 2.90. The predicted molar refractivity (Wildman–Crippen MR) is 104 cm³/mol. The number of aromatic amines is 1. The maximum Gasteiger partial charge on any atom is 0.255 e. The van der Waals surface area contributed by atoms with Crippen molar-refractivity contribution in [1.82, 2.24) is 10.2 Å². The third-order valence-electron chi connectivity index (χ3n) is 4.20. The number of aromatic nitrogens is 2. The first-order valence-electron chi connectivity index (χ1n) is 8.48. The zero-order valence-electron chi connectivity index (χ0n) is 14.3. The maximum atomic E-state index is 13.5. The van der Waals surface area contributed by atoms with E-state index in [1.165, 1.54) is 18.2 Å². The van der Waals surface area contributed by atoms with E-state index in [1.807, 2.05) is 60.7 Å². The van der Waals surface area contributed by atoms with Crippen LogP contribution in [0.4, 0.5) is 10.1 Å². The lowest BCUT2D eigenvalue weighted by atomic mass is 10.1. The molecule has 0 unspecified atom stereocenters. The molecule has 0 saturated carbocycles. The largest absolute Gasteiger partial charge is 0.318 e. The highest BCUT2D eigenvalue weighted by Crippen LogP contribution is 2.35. The van der Waals surface area contributed by atoms with Crippen molar-refractivity contribution < 1.29 is 9.18 Å². The Labute approximate surface area is 155 Å². The molecule has 0 spiro atoms. The van der Waals surface area contributed by atoms with Gasteiger partial charge in [-0.2, -0.15) is 5.10 Å². The molecule has 0 saturated heterocycles. The number of anilines is 1. The van der Waals surface area contributed by atoms with Crippen LogP contribution in [0.2, 0.25) is 0 Å². The van der Waals surface area contributed by atoms with Crippen LogP contribution in [0.1, 0.15) is 10.4 Å². The zero-order chi connectivity index (χ0) is 18.6. The van der Waals surface area contributed by atoms with E-state index >= 15 is 0 Å². The highest BCUT2D eigenvalue weighted by atomic mass is 19.1. The summed E-state index contributed by atoms with van der Waals surface area (Å²) in [5.74, 6) is -0.855.